The average Bonchev–Trinajstić information content (AvgIpc) is 2.74. The van der Waals surface area contributed by atoms with Crippen LogP contribution in [0, 0.1) is 0 Å². The highest BCUT2D eigenvalue weighted by Gasteiger charge is 2.33. The third-order valence-electron chi connectivity index (χ3n) is 6.43. The van der Waals surface area contributed by atoms with Crippen LogP contribution in [0.5, 0.6) is 0 Å². The Balaban J connectivity index is 1.79. The van der Waals surface area contributed by atoms with Gasteiger partial charge in [-0.15, -0.1) is 0 Å². The molecule has 0 spiro atoms. The van der Waals surface area contributed by atoms with E-state index in [1.165, 1.54) is 68.9 Å². The fourth-order valence-corrected chi connectivity index (χ4v) is 4.69. The molecular weight excluding hydrogens is 328 g/mol. The van der Waals surface area contributed by atoms with E-state index >= 15 is 0 Å². The van der Waals surface area contributed by atoms with Gasteiger partial charge in [-0.3, -0.25) is 4.79 Å². The topological polar surface area (TPSA) is 17.1 Å². The molecule has 1 saturated carbocycles. The fraction of sp³-hybridized carbons (Fsp3) is 0.500. The Morgan fingerprint density at radius 2 is 1.41 bits per heavy atom. The highest BCUT2D eigenvalue weighted by Crippen LogP contribution is 2.43. The number of carbonyl (C=O) groups is 1. The highest BCUT2D eigenvalue weighted by atomic mass is 16.1. The van der Waals surface area contributed by atoms with Crippen molar-refractivity contribution in [3.8, 4) is 11.1 Å². The summed E-state index contributed by atoms with van der Waals surface area (Å²) in [5, 5.41) is 0. The second-order valence-electron chi connectivity index (χ2n) is 8.23. The van der Waals surface area contributed by atoms with E-state index in [4.69, 9.17) is 0 Å². The summed E-state index contributed by atoms with van der Waals surface area (Å²) in [4.78, 5) is 11.8. The molecule has 1 nitrogen and oxygen atoms in total. The minimum Gasteiger partial charge on any atom is -0.294 e. The van der Waals surface area contributed by atoms with Crippen molar-refractivity contribution in [2.75, 3.05) is 0 Å². The van der Waals surface area contributed by atoms with Crippen LogP contribution in [0.4, 0.5) is 0 Å². The van der Waals surface area contributed by atoms with Crippen molar-refractivity contribution < 1.29 is 4.79 Å². The molecule has 0 heterocycles. The van der Waals surface area contributed by atoms with E-state index in [0.29, 0.717) is 11.8 Å². The zero-order valence-electron chi connectivity index (χ0n) is 17.1. The van der Waals surface area contributed by atoms with E-state index in [1.54, 1.807) is 5.56 Å². The second-order valence-corrected chi connectivity index (χ2v) is 8.23. The molecular formula is C26H34O. The molecule has 0 bridgehead atoms. The largest absolute Gasteiger partial charge is 0.294 e. The second kappa shape index (κ2) is 9.35. The molecule has 2 aromatic carbocycles. The molecule has 0 saturated heterocycles. The zero-order valence-corrected chi connectivity index (χ0v) is 17.1. The van der Waals surface area contributed by atoms with Crippen molar-refractivity contribution in [1.29, 1.82) is 0 Å². The minimum atomic E-state index is 0.211. The number of hydrogen-bond donors (Lipinski definition) is 0. The standard InChI is InChI=1S/C26H34O/c1-3-5-7-18-26(19-8-6-9-20-26)24-16-14-22(15-17-24)21-10-12-23(13-11-21)25(27)4-2/h10-17H,3-9,18-20H2,1-2H3. The number of carbonyl (C=O) groups excluding carboxylic acids is 1. The van der Waals surface area contributed by atoms with E-state index < -0.39 is 0 Å². The van der Waals surface area contributed by atoms with Gasteiger partial charge in [0.1, 0.15) is 0 Å². The summed E-state index contributed by atoms with van der Waals surface area (Å²) in [5.74, 6) is 0.211. The first-order valence-electron chi connectivity index (χ1n) is 10.9. The van der Waals surface area contributed by atoms with E-state index in [-0.39, 0.29) is 5.78 Å². The van der Waals surface area contributed by atoms with Crippen LogP contribution in [-0.2, 0) is 5.41 Å². The molecule has 1 heteroatoms. The van der Waals surface area contributed by atoms with Crippen LogP contribution in [0.25, 0.3) is 11.1 Å². The van der Waals surface area contributed by atoms with Crippen LogP contribution in [0.3, 0.4) is 0 Å². The molecule has 0 aromatic heterocycles. The zero-order chi connectivity index (χ0) is 19.1. The van der Waals surface area contributed by atoms with Crippen LogP contribution in [0.2, 0.25) is 0 Å². The molecule has 27 heavy (non-hydrogen) atoms. The van der Waals surface area contributed by atoms with Gasteiger partial charge in [-0.05, 0) is 41.4 Å². The Labute approximate surface area is 165 Å². The quantitative estimate of drug-likeness (QED) is 0.347. The van der Waals surface area contributed by atoms with Gasteiger partial charge in [-0.1, -0.05) is 101 Å². The van der Waals surface area contributed by atoms with Crippen LogP contribution in [0.1, 0.15) is 94.0 Å². The first kappa shape index (κ1) is 19.9. The van der Waals surface area contributed by atoms with Gasteiger partial charge in [0, 0.05) is 12.0 Å². The van der Waals surface area contributed by atoms with E-state index in [0.717, 1.165) is 5.56 Å². The number of ketones is 1. The third kappa shape index (κ3) is 4.69. The number of Topliss-reactive ketones (excluding diaryl/α,β-unsaturated/α-hetero) is 1. The van der Waals surface area contributed by atoms with Gasteiger partial charge in [0.25, 0.3) is 0 Å². The third-order valence-corrected chi connectivity index (χ3v) is 6.43. The maximum absolute atomic E-state index is 11.8. The lowest BCUT2D eigenvalue weighted by Gasteiger charge is -2.38. The average molecular weight is 363 g/mol. The van der Waals surface area contributed by atoms with Crippen molar-refractivity contribution in [3.63, 3.8) is 0 Å². The molecule has 0 aliphatic heterocycles. The van der Waals surface area contributed by atoms with Gasteiger partial charge in [-0.25, -0.2) is 0 Å². The van der Waals surface area contributed by atoms with Crippen LogP contribution >= 0.6 is 0 Å². The highest BCUT2D eigenvalue weighted by molar-refractivity contribution is 5.96. The normalized spacial score (nSPS) is 16.2. The van der Waals surface area contributed by atoms with Crippen molar-refractivity contribution in [2.45, 2.75) is 83.5 Å². The van der Waals surface area contributed by atoms with Crippen molar-refractivity contribution in [2.24, 2.45) is 0 Å². The number of hydrogen-bond acceptors (Lipinski definition) is 1. The van der Waals surface area contributed by atoms with Crippen molar-refractivity contribution in [1.82, 2.24) is 0 Å². The summed E-state index contributed by atoms with van der Waals surface area (Å²) in [5.41, 5.74) is 5.20. The molecule has 0 radical (unpaired) electrons. The number of unbranched alkanes of at least 4 members (excludes halogenated alkanes) is 2. The molecule has 1 fully saturated rings. The molecule has 2 aromatic rings. The van der Waals surface area contributed by atoms with Crippen molar-refractivity contribution in [3.05, 3.63) is 59.7 Å². The molecule has 1 aliphatic carbocycles. The Bertz CT molecular complexity index is 718. The van der Waals surface area contributed by atoms with E-state index in [1.807, 2.05) is 19.1 Å². The summed E-state index contributed by atoms with van der Waals surface area (Å²) in [7, 11) is 0. The van der Waals surface area contributed by atoms with Gasteiger partial charge < -0.3 is 0 Å². The molecule has 0 amide bonds. The first-order chi connectivity index (χ1) is 13.2. The Morgan fingerprint density at radius 1 is 0.815 bits per heavy atom. The maximum Gasteiger partial charge on any atom is 0.162 e. The van der Waals surface area contributed by atoms with Crippen LogP contribution < -0.4 is 0 Å². The molecule has 0 N–H and O–H groups in total. The van der Waals surface area contributed by atoms with Crippen LogP contribution in [0.15, 0.2) is 48.5 Å². The fourth-order valence-electron chi connectivity index (χ4n) is 4.69. The Kier molecular flexibility index (Phi) is 6.88. The minimum absolute atomic E-state index is 0.211. The molecule has 0 atom stereocenters. The Hall–Kier alpha value is -1.89. The number of benzene rings is 2. The predicted octanol–water partition coefficient (Wildman–Crippen LogP) is 7.73. The van der Waals surface area contributed by atoms with Gasteiger partial charge in [0.05, 0.1) is 0 Å². The molecule has 144 valence electrons. The predicted molar refractivity (Wildman–Crippen MR) is 115 cm³/mol. The lowest BCUT2D eigenvalue weighted by Crippen LogP contribution is -2.29. The van der Waals surface area contributed by atoms with Crippen molar-refractivity contribution >= 4 is 5.78 Å². The van der Waals surface area contributed by atoms with E-state index in [2.05, 4.69) is 43.3 Å². The lowest BCUT2D eigenvalue weighted by molar-refractivity contribution is 0.0988. The van der Waals surface area contributed by atoms with E-state index in [9.17, 15) is 4.79 Å². The summed E-state index contributed by atoms with van der Waals surface area (Å²) in [6, 6.07) is 17.4. The monoisotopic (exact) mass is 362 g/mol. The SMILES string of the molecule is CCCCCC1(c2ccc(-c3ccc(C(=O)CC)cc3)cc2)CCCCC1. The number of rotatable bonds is 8. The Morgan fingerprint density at radius 3 is 1.96 bits per heavy atom. The first-order valence-corrected chi connectivity index (χ1v) is 10.9. The van der Waals surface area contributed by atoms with Gasteiger partial charge in [-0.2, -0.15) is 0 Å². The summed E-state index contributed by atoms with van der Waals surface area (Å²) >= 11 is 0. The summed E-state index contributed by atoms with van der Waals surface area (Å²) < 4.78 is 0. The maximum atomic E-state index is 11.8. The smallest absolute Gasteiger partial charge is 0.162 e. The molecule has 1 aliphatic rings. The molecule has 0 unspecified atom stereocenters. The van der Waals surface area contributed by atoms with Gasteiger partial charge in [0.15, 0.2) is 5.78 Å². The van der Waals surface area contributed by atoms with Gasteiger partial charge in [0.2, 0.25) is 0 Å². The van der Waals surface area contributed by atoms with Crippen LogP contribution in [-0.4, -0.2) is 5.78 Å². The molecule has 3 rings (SSSR count). The summed E-state index contributed by atoms with van der Waals surface area (Å²) in [6.45, 7) is 4.21. The summed E-state index contributed by atoms with van der Waals surface area (Å²) in [6.07, 6.45) is 12.8. The van der Waals surface area contributed by atoms with Gasteiger partial charge >= 0.3 is 0 Å². The lowest BCUT2D eigenvalue weighted by atomic mass is 9.66.